The minimum atomic E-state index is 0.137. The molecule has 6 heteroatoms. The lowest BCUT2D eigenvalue weighted by Crippen LogP contribution is -2.31. The summed E-state index contributed by atoms with van der Waals surface area (Å²) in [5.41, 5.74) is 7.65. The van der Waals surface area contributed by atoms with E-state index in [4.69, 9.17) is 17.0 Å². The van der Waals surface area contributed by atoms with E-state index in [2.05, 4.69) is 85.0 Å². The number of hydrogen-bond acceptors (Lipinski definition) is 3. The van der Waals surface area contributed by atoms with Crippen LogP contribution in [0.25, 0.3) is 10.9 Å². The second-order valence-corrected chi connectivity index (χ2v) is 9.07. The van der Waals surface area contributed by atoms with Crippen molar-refractivity contribution in [3.8, 4) is 5.75 Å². The standard InChI is InChI=1S/C26H32N4OS/c1-6-15-27-25(32)29-28-18-23-19(2)30(24-10-8-7-9-22(23)24)16-17-31-21-13-11-20(12-14-21)26(3,4)5/h6-14,18H,1,15-17H2,2-5H3,(H2,27,29,32). The molecule has 0 atom stereocenters. The Balaban J connectivity index is 1.71. The number of hydrogen-bond donors (Lipinski definition) is 2. The molecule has 2 N–H and O–H groups in total. The quantitative estimate of drug-likeness (QED) is 0.212. The van der Waals surface area contributed by atoms with Crippen molar-refractivity contribution in [2.75, 3.05) is 13.2 Å². The van der Waals surface area contributed by atoms with Crippen LogP contribution in [0.3, 0.4) is 0 Å². The number of rotatable bonds is 8. The van der Waals surface area contributed by atoms with Gasteiger partial charge in [-0.3, -0.25) is 5.43 Å². The Morgan fingerprint density at radius 2 is 1.88 bits per heavy atom. The monoisotopic (exact) mass is 448 g/mol. The molecule has 0 fully saturated rings. The molecule has 168 valence electrons. The zero-order valence-corrected chi connectivity index (χ0v) is 20.1. The summed E-state index contributed by atoms with van der Waals surface area (Å²) in [7, 11) is 0. The molecule has 1 heterocycles. The summed E-state index contributed by atoms with van der Waals surface area (Å²) in [5, 5.41) is 8.93. The Bertz CT molecular complexity index is 1110. The van der Waals surface area contributed by atoms with Crippen molar-refractivity contribution in [2.24, 2.45) is 5.10 Å². The number of fused-ring (bicyclic) bond motifs is 1. The average molecular weight is 449 g/mol. The fourth-order valence-corrected chi connectivity index (χ4v) is 3.71. The molecule has 3 rings (SSSR count). The van der Waals surface area contributed by atoms with Crippen LogP contribution in [-0.4, -0.2) is 29.0 Å². The van der Waals surface area contributed by atoms with Gasteiger partial charge in [0.15, 0.2) is 5.11 Å². The lowest BCUT2D eigenvalue weighted by atomic mass is 9.87. The largest absolute Gasteiger partial charge is 0.492 e. The molecule has 0 unspecified atom stereocenters. The van der Waals surface area contributed by atoms with E-state index in [1.54, 1.807) is 6.08 Å². The third-order valence-electron chi connectivity index (χ3n) is 5.35. The summed E-state index contributed by atoms with van der Waals surface area (Å²) < 4.78 is 8.31. The molecule has 0 saturated heterocycles. The van der Waals surface area contributed by atoms with Gasteiger partial charge in [-0.05, 0) is 48.3 Å². The molecule has 0 radical (unpaired) electrons. The lowest BCUT2D eigenvalue weighted by Gasteiger charge is -2.19. The van der Waals surface area contributed by atoms with Gasteiger partial charge in [0.05, 0.1) is 12.8 Å². The fraction of sp³-hybridized carbons (Fsp3) is 0.308. The van der Waals surface area contributed by atoms with Crippen molar-refractivity contribution in [1.29, 1.82) is 0 Å². The van der Waals surface area contributed by atoms with E-state index >= 15 is 0 Å². The number of hydrazone groups is 1. The molecule has 0 aliphatic heterocycles. The maximum atomic E-state index is 6.04. The zero-order chi connectivity index (χ0) is 23.1. The molecule has 0 saturated carbocycles. The van der Waals surface area contributed by atoms with E-state index in [0.29, 0.717) is 18.3 Å². The van der Waals surface area contributed by atoms with Crippen molar-refractivity contribution < 1.29 is 4.74 Å². The maximum Gasteiger partial charge on any atom is 0.187 e. The van der Waals surface area contributed by atoms with E-state index < -0.39 is 0 Å². The van der Waals surface area contributed by atoms with Gasteiger partial charge in [-0.2, -0.15) is 5.10 Å². The number of para-hydroxylation sites is 1. The topological polar surface area (TPSA) is 50.6 Å². The highest BCUT2D eigenvalue weighted by molar-refractivity contribution is 7.80. The molecule has 0 aliphatic rings. The van der Waals surface area contributed by atoms with E-state index in [9.17, 15) is 0 Å². The Morgan fingerprint density at radius 1 is 1.16 bits per heavy atom. The number of ether oxygens (including phenoxy) is 1. The van der Waals surface area contributed by atoms with Crippen LogP contribution in [0.5, 0.6) is 5.75 Å². The molecular formula is C26H32N4OS. The predicted molar refractivity (Wildman–Crippen MR) is 139 cm³/mol. The second kappa shape index (κ2) is 10.5. The van der Waals surface area contributed by atoms with Crippen molar-refractivity contribution in [3.63, 3.8) is 0 Å². The predicted octanol–water partition coefficient (Wildman–Crippen LogP) is 5.31. The van der Waals surface area contributed by atoms with Crippen LogP contribution in [0.4, 0.5) is 0 Å². The van der Waals surface area contributed by atoms with Crippen LogP contribution in [0.1, 0.15) is 37.6 Å². The molecule has 5 nitrogen and oxygen atoms in total. The maximum absolute atomic E-state index is 6.04. The highest BCUT2D eigenvalue weighted by Crippen LogP contribution is 2.26. The van der Waals surface area contributed by atoms with Crippen LogP contribution in [0.2, 0.25) is 0 Å². The van der Waals surface area contributed by atoms with Crippen LogP contribution in [-0.2, 0) is 12.0 Å². The first-order valence-electron chi connectivity index (χ1n) is 10.8. The number of nitrogens with one attached hydrogen (secondary N) is 2. The number of aromatic nitrogens is 1. The first kappa shape index (κ1) is 23.5. The number of thiocarbonyl (C=S) groups is 1. The minimum absolute atomic E-state index is 0.137. The van der Waals surface area contributed by atoms with E-state index in [0.717, 1.165) is 34.5 Å². The summed E-state index contributed by atoms with van der Waals surface area (Å²) in [6.45, 7) is 14.3. The minimum Gasteiger partial charge on any atom is -0.492 e. The van der Waals surface area contributed by atoms with Gasteiger partial charge in [0.2, 0.25) is 0 Å². The third kappa shape index (κ3) is 5.77. The van der Waals surface area contributed by atoms with Gasteiger partial charge in [-0.15, -0.1) is 6.58 Å². The Kier molecular flexibility index (Phi) is 7.70. The first-order valence-corrected chi connectivity index (χ1v) is 11.2. The second-order valence-electron chi connectivity index (χ2n) is 8.66. The van der Waals surface area contributed by atoms with Crippen LogP contribution in [0, 0.1) is 6.92 Å². The van der Waals surface area contributed by atoms with Gasteiger partial charge in [0.1, 0.15) is 12.4 Å². The van der Waals surface area contributed by atoms with Gasteiger partial charge >= 0.3 is 0 Å². The van der Waals surface area contributed by atoms with Crippen molar-refractivity contribution >= 4 is 34.4 Å². The normalized spacial score (nSPS) is 11.6. The van der Waals surface area contributed by atoms with E-state index in [-0.39, 0.29) is 5.41 Å². The fourth-order valence-electron chi connectivity index (χ4n) is 3.57. The summed E-state index contributed by atoms with van der Waals surface area (Å²) in [6, 6.07) is 16.7. The smallest absolute Gasteiger partial charge is 0.187 e. The molecule has 0 amide bonds. The SMILES string of the molecule is C=CCNC(=S)NN=Cc1c(C)n(CCOc2ccc(C(C)(C)C)cc2)c2ccccc12. The molecule has 0 bridgehead atoms. The molecule has 3 aromatic rings. The highest BCUT2D eigenvalue weighted by Gasteiger charge is 2.14. The van der Waals surface area contributed by atoms with Crippen LogP contribution >= 0.6 is 12.2 Å². The molecule has 0 spiro atoms. The van der Waals surface area contributed by atoms with Gasteiger partial charge in [0.25, 0.3) is 0 Å². The van der Waals surface area contributed by atoms with Gasteiger partial charge in [0, 0.05) is 28.7 Å². The van der Waals surface area contributed by atoms with Crippen molar-refractivity contribution in [3.05, 3.63) is 78.0 Å². The first-order chi connectivity index (χ1) is 15.3. The highest BCUT2D eigenvalue weighted by atomic mass is 32.1. The van der Waals surface area contributed by atoms with Crippen molar-refractivity contribution in [2.45, 2.75) is 39.7 Å². The van der Waals surface area contributed by atoms with Crippen molar-refractivity contribution in [1.82, 2.24) is 15.3 Å². The van der Waals surface area contributed by atoms with Crippen LogP contribution < -0.4 is 15.5 Å². The van der Waals surface area contributed by atoms with Gasteiger partial charge < -0.3 is 14.6 Å². The molecule has 2 aromatic carbocycles. The number of nitrogens with zero attached hydrogens (tertiary/aromatic N) is 2. The number of benzene rings is 2. The zero-order valence-electron chi connectivity index (χ0n) is 19.3. The average Bonchev–Trinajstić information content (AvgIpc) is 3.03. The molecule has 0 aliphatic carbocycles. The Labute approximate surface area is 196 Å². The van der Waals surface area contributed by atoms with Crippen LogP contribution in [0.15, 0.2) is 66.3 Å². The van der Waals surface area contributed by atoms with Gasteiger partial charge in [-0.1, -0.05) is 57.2 Å². The third-order valence-corrected chi connectivity index (χ3v) is 5.59. The Morgan fingerprint density at radius 3 is 2.56 bits per heavy atom. The van der Waals surface area contributed by atoms with Gasteiger partial charge in [-0.25, -0.2) is 0 Å². The molecular weight excluding hydrogens is 416 g/mol. The molecule has 32 heavy (non-hydrogen) atoms. The lowest BCUT2D eigenvalue weighted by molar-refractivity contribution is 0.299. The Hall–Kier alpha value is -3.12. The molecule has 1 aromatic heterocycles. The van der Waals surface area contributed by atoms with E-state index in [1.165, 1.54) is 5.56 Å². The summed E-state index contributed by atoms with van der Waals surface area (Å²) in [4.78, 5) is 0. The summed E-state index contributed by atoms with van der Waals surface area (Å²) in [5.74, 6) is 0.888. The summed E-state index contributed by atoms with van der Waals surface area (Å²) >= 11 is 5.20. The van der Waals surface area contributed by atoms with E-state index in [1.807, 2.05) is 24.4 Å². The summed E-state index contributed by atoms with van der Waals surface area (Å²) in [6.07, 6.45) is 3.57.